The molecule has 2 rings (SSSR count). The molecule has 0 aliphatic heterocycles. The number of unbranched alkanes of at least 4 members (excludes halogenated alkanes) is 1. The van der Waals surface area contributed by atoms with E-state index in [0.29, 0.717) is 28.7 Å². The minimum atomic E-state index is -1.60. The highest BCUT2D eigenvalue weighted by Gasteiger charge is 2.33. The highest BCUT2D eigenvalue weighted by molar-refractivity contribution is 5.93. The minimum Gasteiger partial charge on any atom is -0.466 e. The molecule has 338 valence electrons. The van der Waals surface area contributed by atoms with E-state index >= 15 is 0 Å². The Balaban J connectivity index is 2.34. The number of aliphatic hydroxyl groups is 1. The van der Waals surface area contributed by atoms with Crippen molar-refractivity contribution >= 4 is 41.9 Å². The van der Waals surface area contributed by atoms with Gasteiger partial charge in [0.1, 0.15) is 42.6 Å². The first-order chi connectivity index (χ1) is 28.6. The van der Waals surface area contributed by atoms with Crippen LogP contribution in [0.1, 0.15) is 114 Å². The zero-order chi connectivity index (χ0) is 45.8. The molecule has 5 N–H and O–H groups in total. The maximum absolute atomic E-state index is 14.1. The van der Waals surface area contributed by atoms with Gasteiger partial charge in [-0.1, -0.05) is 48.5 Å². The van der Waals surface area contributed by atoms with E-state index in [4.69, 9.17) is 23.7 Å². The van der Waals surface area contributed by atoms with E-state index in [2.05, 4.69) is 21.3 Å². The number of nitrogens with one attached hydrogen (secondary N) is 4. The quantitative estimate of drug-likeness (QED) is 0.0606. The fourth-order valence-corrected chi connectivity index (χ4v) is 5.80. The summed E-state index contributed by atoms with van der Waals surface area (Å²) in [5, 5.41) is 21.6. The van der Waals surface area contributed by atoms with E-state index in [9.17, 15) is 38.7 Å². The van der Waals surface area contributed by atoms with Crippen LogP contribution in [0.5, 0.6) is 0 Å². The molecule has 4 atom stereocenters. The van der Waals surface area contributed by atoms with Gasteiger partial charge in [-0.2, -0.15) is 0 Å². The molecule has 2 aromatic rings. The summed E-state index contributed by atoms with van der Waals surface area (Å²) in [6.07, 6.45) is -3.64. The van der Waals surface area contributed by atoms with Gasteiger partial charge in [0.05, 0.1) is 24.6 Å². The fraction of sp³-hybridized carbons (Fsp3) is 0.568. The van der Waals surface area contributed by atoms with E-state index in [1.165, 1.54) is 0 Å². The van der Waals surface area contributed by atoms with E-state index < -0.39 is 90.4 Å². The molecule has 0 bridgehead atoms. The molecule has 0 heterocycles. The van der Waals surface area contributed by atoms with Crippen molar-refractivity contribution in [1.82, 2.24) is 21.3 Å². The molecular weight excluding hydrogens is 792 g/mol. The molecule has 61 heavy (non-hydrogen) atoms. The summed E-state index contributed by atoms with van der Waals surface area (Å²) >= 11 is 0. The van der Waals surface area contributed by atoms with E-state index in [1.807, 2.05) is 0 Å². The summed E-state index contributed by atoms with van der Waals surface area (Å²) in [6, 6.07) is 10.00. The average molecular weight is 857 g/mol. The first-order valence-electron chi connectivity index (χ1n) is 20.4. The van der Waals surface area contributed by atoms with Gasteiger partial charge in [0.2, 0.25) is 11.8 Å². The first-order valence-corrected chi connectivity index (χ1v) is 20.4. The Morgan fingerprint density at radius 1 is 0.672 bits per heavy atom. The van der Waals surface area contributed by atoms with Crippen molar-refractivity contribution in [3.8, 4) is 0 Å². The molecular formula is C44H64N4O13. The van der Waals surface area contributed by atoms with E-state index in [1.54, 1.807) is 111 Å². The number of carbonyl (C=O) groups excluding carboxylic acids is 7. The highest BCUT2D eigenvalue weighted by atomic mass is 16.6. The summed E-state index contributed by atoms with van der Waals surface area (Å²) < 4.78 is 26.5. The molecule has 0 aliphatic rings. The molecule has 0 unspecified atom stereocenters. The van der Waals surface area contributed by atoms with Gasteiger partial charge in [-0.15, -0.1) is 0 Å². The van der Waals surface area contributed by atoms with E-state index in [0.717, 1.165) is 0 Å². The third-order valence-corrected chi connectivity index (χ3v) is 8.65. The van der Waals surface area contributed by atoms with Crippen LogP contribution in [0.4, 0.5) is 9.59 Å². The number of esters is 3. The highest BCUT2D eigenvalue weighted by Crippen LogP contribution is 2.16. The SMILES string of the molecule is CCOC(=O)C[C@H](NC(=O)[C@H](CCCCNC(=O)OC(C)(C)C)NC(=O)[C@H](CCC(=O)OC(C)(C)C)NC(=O)OCc1ccccc1)[C@@H](O)COC(=O)c1c(C)cccc1C. The van der Waals surface area contributed by atoms with Crippen LogP contribution in [-0.2, 0) is 49.5 Å². The molecule has 0 saturated heterocycles. The summed E-state index contributed by atoms with van der Waals surface area (Å²) in [6.45, 7) is 14.7. The lowest BCUT2D eigenvalue weighted by Gasteiger charge is -2.27. The van der Waals surface area contributed by atoms with Gasteiger partial charge >= 0.3 is 30.1 Å². The average Bonchev–Trinajstić information content (AvgIpc) is 3.15. The molecule has 0 saturated carbocycles. The van der Waals surface area contributed by atoms with Crippen molar-refractivity contribution in [2.75, 3.05) is 19.8 Å². The van der Waals surface area contributed by atoms with Gasteiger partial charge in [0, 0.05) is 13.0 Å². The summed E-state index contributed by atoms with van der Waals surface area (Å²) in [4.78, 5) is 91.6. The number of benzene rings is 2. The third-order valence-electron chi connectivity index (χ3n) is 8.65. The Morgan fingerprint density at radius 2 is 1.28 bits per heavy atom. The van der Waals surface area contributed by atoms with Gasteiger partial charge in [-0.3, -0.25) is 19.2 Å². The van der Waals surface area contributed by atoms with Gasteiger partial charge in [-0.05, 0) is 105 Å². The van der Waals surface area contributed by atoms with Gasteiger partial charge in [-0.25, -0.2) is 14.4 Å². The number of hydrogen-bond acceptors (Lipinski definition) is 13. The number of hydrogen-bond donors (Lipinski definition) is 5. The Bertz CT molecular complexity index is 1750. The molecule has 17 heteroatoms. The largest absolute Gasteiger partial charge is 0.466 e. The number of carbonyl (C=O) groups is 7. The number of aliphatic hydroxyl groups excluding tert-OH is 1. The summed E-state index contributed by atoms with van der Waals surface area (Å²) in [5.41, 5.74) is 0.759. The van der Waals surface area contributed by atoms with Crippen molar-refractivity contribution < 1.29 is 62.4 Å². The topological polar surface area (TPSA) is 234 Å². The Morgan fingerprint density at radius 3 is 1.89 bits per heavy atom. The Labute approximate surface area is 358 Å². The molecule has 0 aliphatic carbocycles. The number of aryl methyl sites for hydroxylation is 2. The lowest BCUT2D eigenvalue weighted by Crippen LogP contribution is -2.57. The second-order valence-electron chi connectivity index (χ2n) is 16.4. The number of amides is 4. The standard InChI is InChI=1S/C44H64N4O13/c1-10-57-36(51)25-33(34(49)27-58-40(54)37-28(2)17-16-18-29(37)3)47-38(52)31(21-14-15-24-45-41(55)61-44(7,8)9)46-39(53)32(22-23-35(50)60-43(4,5)6)48-42(56)59-26-30-19-12-11-13-20-30/h11-13,16-20,31-34,49H,10,14-15,21-27H2,1-9H3,(H,45,55)(H,46,53)(H,47,52)(H,48,56)/t31-,32-,33-,34-/m0/s1. The van der Waals surface area contributed by atoms with Gasteiger partial charge < -0.3 is 50.1 Å². The maximum atomic E-state index is 14.1. The van der Waals surface area contributed by atoms with Crippen LogP contribution in [0.3, 0.4) is 0 Å². The maximum Gasteiger partial charge on any atom is 0.408 e. The summed E-state index contributed by atoms with van der Waals surface area (Å²) in [5.74, 6) is -3.79. The van der Waals surface area contributed by atoms with Crippen molar-refractivity contribution in [3.05, 3.63) is 70.8 Å². The fourth-order valence-electron chi connectivity index (χ4n) is 5.80. The van der Waals surface area contributed by atoms with Crippen LogP contribution in [0.25, 0.3) is 0 Å². The predicted molar refractivity (Wildman–Crippen MR) is 224 cm³/mol. The Hall–Kier alpha value is -5.71. The molecule has 0 radical (unpaired) electrons. The number of rotatable bonds is 22. The lowest BCUT2D eigenvalue weighted by atomic mass is 10.0. The van der Waals surface area contributed by atoms with Gasteiger partial charge in [0.25, 0.3) is 0 Å². The van der Waals surface area contributed by atoms with Crippen LogP contribution in [0.2, 0.25) is 0 Å². The zero-order valence-corrected chi connectivity index (χ0v) is 36.8. The van der Waals surface area contributed by atoms with E-state index in [-0.39, 0.29) is 45.4 Å². The second kappa shape index (κ2) is 25.2. The predicted octanol–water partition coefficient (Wildman–Crippen LogP) is 4.86. The smallest absolute Gasteiger partial charge is 0.408 e. The van der Waals surface area contributed by atoms with Crippen molar-refractivity contribution in [2.24, 2.45) is 0 Å². The second-order valence-corrected chi connectivity index (χ2v) is 16.4. The molecule has 0 aromatic heterocycles. The summed E-state index contributed by atoms with van der Waals surface area (Å²) in [7, 11) is 0. The first kappa shape index (κ1) is 51.4. The molecule has 17 nitrogen and oxygen atoms in total. The van der Waals surface area contributed by atoms with Crippen molar-refractivity contribution in [2.45, 2.75) is 143 Å². The third kappa shape index (κ3) is 20.9. The van der Waals surface area contributed by atoms with Crippen LogP contribution < -0.4 is 21.3 Å². The lowest BCUT2D eigenvalue weighted by molar-refractivity contribution is -0.155. The van der Waals surface area contributed by atoms with Crippen molar-refractivity contribution in [3.63, 3.8) is 0 Å². The molecule has 0 spiro atoms. The van der Waals surface area contributed by atoms with Crippen LogP contribution in [0.15, 0.2) is 48.5 Å². The van der Waals surface area contributed by atoms with Crippen LogP contribution >= 0.6 is 0 Å². The minimum absolute atomic E-state index is 0.0125. The van der Waals surface area contributed by atoms with Crippen LogP contribution in [-0.4, -0.2) is 102 Å². The molecule has 4 amide bonds. The number of ether oxygens (including phenoxy) is 5. The zero-order valence-electron chi connectivity index (χ0n) is 36.8. The van der Waals surface area contributed by atoms with Gasteiger partial charge in [0.15, 0.2) is 0 Å². The van der Waals surface area contributed by atoms with Crippen LogP contribution in [0, 0.1) is 13.8 Å². The Kier molecular flexibility index (Phi) is 21.2. The van der Waals surface area contributed by atoms with Crippen molar-refractivity contribution in [1.29, 1.82) is 0 Å². The molecule has 2 aromatic carbocycles. The normalized spacial score (nSPS) is 13.3. The molecule has 0 fully saturated rings. The number of alkyl carbamates (subject to hydrolysis) is 2. The monoisotopic (exact) mass is 856 g/mol.